The molecule has 138 valence electrons. The zero-order valence-electron chi connectivity index (χ0n) is 15.2. The van der Waals surface area contributed by atoms with Gasteiger partial charge in [0, 0.05) is 31.7 Å². The van der Waals surface area contributed by atoms with Crippen molar-refractivity contribution >= 4 is 11.6 Å². The highest BCUT2D eigenvalue weighted by molar-refractivity contribution is 5.94. The minimum absolute atomic E-state index is 0.0123. The highest BCUT2D eigenvalue weighted by Gasteiger charge is 2.23. The normalized spacial score (nSPS) is 14.4. The summed E-state index contributed by atoms with van der Waals surface area (Å²) in [4.78, 5) is 16.5. The molecule has 3 rings (SSSR count). The molecule has 0 atom stereocenters. The topological polar surface area (TPSA) is 32.8 Å². The van der Waals surface area contributed by atoms with Crippen molar-refractivity contribution in [2.24, 2.45) is 0 Å². The maximum Gasteiger partial charge on any atom is 0.253 e. The van der Waals surface area contributed by atoms with Crippen molar-refractivity contribution in [2.45, 2.75) is 19.8 Å². The van der Waals surface area contributed by atoms with Crippen LogP contribution in [0.15, 0.2) is 48.5 Å². The molecule has 26 heavy (non-hydrogen) atoms. The minimum atomic E-state index is -0.217. The van der Waals surface area contributed by atoms with Gasteiger partial charge in [0.15, 0.2) is 0 Å². The molecule has 0 N–H and O–H groups in total. The number of piperazine rings is 1. The van der Waals surface area contributed by atoms with Crippen LogP contribution in [0, 0.1) is 5.82 Å². The number of benzene rings is 2. The van der Waals surface area contributed by atoms with Gasteiger partial charge < -0.3 is 14.5 Å². The van der Waals surface area contributed by atoms with E-state index < -0.39 is 0 Å². The van der Waals surface area contributed by atoms with Crippen molar-refractivity contribution < 1.29 is 13.9 Å². The van der Waals surface area contributed by atoms with Gasteiger partial charge in [-0.25, -0.2) is 4.39 Å². The van der Waals surface area contributed by atoms with Crippen molar-refractivity contribution in [2.75, 3.05) is 37.7 Å². The summed E-state index contributed by atoms with van der Waals surface area (Å²) in [6.07, 6.45) is 2.11. The lowest BCUT2D eigenvalue weighted by atomic mass is 10.1. The molecule has 0 aliphatic carbocycles. The molecule has 2 aromatic rings. The Hall–Kier alpha value is -2.56. The number of para-hydroxylation sites is 1. The summed E-state index contributed by atoms with van der Waals surface area (Å²) in [7, 11) is 0. The van der Waals surface area contributed by atoms with E-state index in [1.54, 1.807) is 12.1 Å². The lowest BCUT2D eigenvalue weighted by Crippen LogP contribution is -2.49. The first-order valence-electron chi connectivity index (χ1n) is 9.20. The molecular weight excluding hydrogens is 331 g/mol. The summed E-state index contributed by atoms with van der Waals surface area (Å²) in [5, 5.41) is 0. The van der Waals surface area contributed by atoms with Crippen LogP contribution in [-0.2, 0) is 0 Å². The fourth-order valence-electron chi connectivity index (χ4n) is 3.07. The van der Waals surface area contributed by atoms with E-state index in [-0.39, 0.29) is 11.7 Å². The number of rotatable bonds is 6. The molecule has 0 aromatic heterocycles. The zero-order valence-corrected chi connectivity index (χ0v) is 15.2. The number of hydrogen-bond acceptors (Lipinski definition) is 3. The van der Waals surface area contributed by atoms with Gasteiger partial charge in [-0.15, -0.1) is 0 Å². The summed E-state index contributed by atoms with van der Waals surface area (Å²) in [6, 6.07) is 14.1. The van der Waals surface area contributed by atoms with Gasteiger partial charge in [-0.3, -0.25) is 4.79 Å². The molecule has 4 nitrogen and oxygen atoms in total. The first-order chi connectivity index (χ1) is 12.7. The first-order valence-corrected chi connectivity index (χ1v) is 9.20. The summed E-state index contributed by atoms with van der Waals surface area (Å²) in [5.74, 6) is 0.587. The van der Waals surface area contributed by atoms with E-state index in [0.717, 1.165) is 18.6 Å². The van der Waals surface area contributed by atoms with Crippen LogP contribution in [-0.4, -0.2) is 43.6 Å². The molecule has 0 radical (unpaired) electrons. The predicted molar refractivity (Wildman–Crippen MR) is 101 cm³/mol. The average Bonchev–Trinajstić information content (AvgIpc) is 2.69. The highest BCUT2D eigenvalue weighted by Crippen LogP contribution is 2.21. The molecule has 1 aliphatic rings. The molecule has 1 amide bonds. The third-order valence-electron chi connectivity index (χ3n) is 4.63. The van der Waals surface area contributed by atoms with Gasteiger partial charge in [0.2, 0.25) is 0 Å². The highest BCUT2D eigenvalue weighted by atomic mass is 19.1. The Morgan fingerprint density at radius 3 is 2.38 bits per heavy atom. The van der Waals surface area contributed by atoms with Crippen LogP contribution >= 0.6 is 0 Å². The number of carbonyl (C=O) groups is 1. The molecule has 1 fully saturated rings. The van der Waals surface area contributed by atoms with E-state index in [0.29, 0.717) is 44.0 Å². The number of halogens is 1. The molecule has 0 unspecified atom stereocenters. The average molecular weight is 356 g/mol. The number of nitrogens with zero attached hydrogens (tertiary/aromatic N) is 2. The minimum Gasteiger partial charge on any atom is -0.494 e. The number of anilines is 1. The maximum atomic E-state index is 13.9. The van der Waals surface area contributed by atoms with E-state index in [1.165, 1.54) is 6.07 Å². The van der Waals surface area contributed by atoms with Crippen molar-refractivity contribution in [3.8, 4) is 5.75 Å². The summed E-state index contributed by atoms with van der Waals surface area (Å²) >= 11 is 0. The summed E-state index contributed by atoms with van der Waals surface area (Å²) in [6.45, 7) is 5.25. The van der Waals surface area contributed by atoms with E-state index in [4.69, 9.17) is 4.74 Å². The van der Waals surface area contributed by atoms with Gasteiger partial charge in [-0.2, -0.15) is 0 Å². The largest absolute Gasteiger partial charge is 0.494 e. The summed E-state index contributed by atoms with van der Waals surface area (Å²) < 4.78 is 19.5. The maximum absolute atomic E-state index is 13.9. The first kappa shape index (κ1) is 18.2. The van der Waals surface area contributed by atoms with Crippen LogP contribution in [0.1, 0.15) is 30.1 Å². The molecular formula is C21H25FN2O2. The van der Waals surface area contributed by atoms with Gasteiger partial charge in [-0.1, -0.05) is 25.5 Å². The Morgan fingerprint density at radius 1 is 1.04 bits per heavy atom. The fourth-order valence-corrected chi connectivity index (χ4v) is 3.07. The van der Waals surface area contributed by atoms with Crippen molar-refractivity contribution in [1.82, 2.24) is 4.90 Å². The van der Waals surface area contributed by atoms with Gasteiger partial charge >= 0.3 is 0 Å². The molecule has 1 saturated heterocycles. The molecule has 1 heterocycles. The van der Waals surface area contributed by atoms with Gasteiger partial charge in [0.1, 0.15) is 11.6 Å². The van der Waals surface area contributed by atoms with E-state index in [9.17, 15) is 9.18 Å². The van der Waals surface area contributed by atoms with Crippen LogP contribution < -0.4 is 9.64 Å². The van der Waals surface area contributed by atoms with Gasteiger partial charge in [-0.05, 0) is 42.8 Å². The number of carbonyl (C=O) groups excluding carboxylic acids is 1. The third kappa shape index (κ3) is 4.34. The molecule has 1 aliphatic heterocycles. The lowest BCUT2D eigenvalue weighted by molar-refractivity contribution is 0.0746. The number of amides is 1. The van der Waals surface area contributed by atoms with Gasteiger partial charge in [0.25, 0.3) is 5.91 Å². The second-order valence-corrected chi connectivity index (χ2v) is 6.46. The smallest absolute Gasteiger partial charge is 0.253 e. The predicted octanol–water partition coefficient (Wildman–Crippen LogP) is 3.97. The second kappa shape index (κ2) is 8.70. The lowest BCUT2D eigenvalue weighted by Gasteiger charge is -2.36. The molecule has 0 bridgehead atoms. The Kier molecular flexibility index (Phi) is 6.10. The van der Waals surface area contributed by atoms with Gasteiger partial charge in [0.05, 0.1) is 12.3 Å². The third-order valence-corrected chi connectivity index (χ3v) is 4.63. The molecule has 2 aromatic carbocycles. The summed E-state index contributed by atoms with van der Waals surface area (Å²) in [5.41, 5.74) is 1.26. The van der Waals surface area contributed by atoms with Crippen LogP contribution in [0.5, 0.6) is 5.75 Å². The van der Waals surface area contributed by atoms with Crippen LogP contribution in [0.2, 0.25) is 0 Å². The zero-order chi connectivity index (χ0) is 18.4. The Labute approximate surface area is 154 Å². The van der Waals surface area contributed by atoms with Crippen LogP contribution in [0.3, 0.4) is 0 Å². The Morgan fingerprint density at radius 2 is 1.73 bits per heavy atom. The molecule has 5 heteroatoms. The quantitative estimate of drug-likeness (QED) is 0.734. The van der Waals surface area contributed by atoms with E-state index in [1.807, 2.05) is 40.1 Å². The second-order valence-electron chi connectivity index (χ2n) is 6.46. The van der Waals surface area contributed by atoms with Crippen molar-refractivity contribution in [3.63, 3.8) is 0 Å². The fraction of sp³-hybridized carbons (Fsp3) is 0.381. The van der Waals surface area contributed by atoms with E-state index in [2.05, 4.69) is 6.92 Å². The van der Waals surface area contributed by atoms with Crippen molar-refractivity contribution in [3.05, 3.63) is 59.9 Å². The Bertz CT molecular complexity index is 725. The monoisotopic (exact) mass is 356 g/mol. The number of unbranched alkanes of at least 4 members (excludes halogenated alkanes) is 1. The Balaban J connectivity index is 1.56. The van der Waals surface area contributed by atoms with Crippen molar-refractivity contribution in [1.29, 1.82) is 0 Å². The number of ether oxygens (including phenoxy) is 1. The van der Waals surface area contributed by atoms with Crippen LogP contribution in [0.25, 0.3) is 0 Å². The number of hydrogen-bond donors (Lipinski definition) is 0. The molecule has 0 spiro atoms. The van der Waals surface area contributed by atoms with Crippen LogP contribution in [0.4, 0.5) is 10.1 Å². The standard InChI is InChI=1S/C21H25FN2O2/c1-2-3-16-26-18-10-8-17(9-11-18)21(25)24-14-12-23(13-15-24)20-7-5-4-6-19(20)22/h4-11H,2-3,12-16H2,1H3. The van der Waals surface area contributed by atoms with E-state index >= 15 is 0 Å². The molecule has 0 saturated carbocycles. The SMILES string of the molecule is CCCCOc1ccc(C(=O)N2CCN(c3ccccc3F)CC2)cc1.